The van der Waals surface area contributed by atoms with Gasteiger partial charge in [0.15, 0.2) is 6.10 Å². The highest BCUT2D eigenvalue weighted by molar-refractivity contribution is 5.83. The molecule has 18 heavy (non-hydrogen) atoms. The van der Waals surface area contributed by atoms with Gasteiger partial charge in [-0.15, -0.1) is 0 Å². The van der Waals surface area contributed by atoms with Gasteiger partial charge in [0.2, 0.25) is 0 Å². The molecular weight excluding hydrogens is 236 g/mol. The summed E-state index contributed by atoms with van der Waals surface area (Å²) < 4.78 is 5.09. The van der Waals surface area contributed by atoms with E-state index in [1.807, 2.05) is 6.07 Å². The number of aliphatic hydroxyl groups is 1. The third kappa shape index (κ3) is 2.09. The molecular formula is C13H14O5. The van der Waals surface area contributed by atoms with Crippen LogP contribution in [0.15, 0.2) is 30.3 Å². The number of carbonyl (C=O) groups is 2. The van der Waals surface area contributed by atoms with E-state index >= 15 is 0 Å². The Hall–Kier alpha value is -1.88. The van der Waals surface area contributed by atoms with Gasteiger partial charge in [-0.1, -0.05) is 37.3 Å². The minimum absolute atomic E-state index is 0.661. The van der Waals surface area contributed by atoms with Crippen molar-refractivity contribution in [2.24, 2.45) is 11.8 Å². The minimum atomic E-state index is -1.13. The van der Waals surface area contributed by atoms with E-state index in [1.54, 1.807) is 24.3 Å². The monoisotopic (exact) mass is 250 g/mol. The van der Waals surface area contributed by atoms with E-state index in [0.29, 0.717) is 5.56 Å². The average molecular weight is 250 g/mol. The summed E-state index contributed by atoms with van der Waals surface area (Å²) in [5.41, 5.74) is 0.665. The highest BCUT2D eigenvalue weighted by Crippen LogP contribution is 2.37. The zero-order valence-corrected chi connectivity index (χ0v) is 9.82. The Morgan fingerprint density at radius 2 is 1.94 bits per heavy atom. The SMILES string of the molecule is CC(C(=O)O)[C@H]1C(=O)O[C@@H](c2ccccc2)[C@H]1O. The van der Waals surface area contributed by atoms with E-state index in [-0.39, 0.29) is 0 Å². The molecule has 0 bridgehead atoms. The molecule has 1 aliphatic rings. The van der Waals surface area contributed by atoms with Crippen LogP contribution in [0.5, 0.6) is 0 Å². The molecule has 1 saturated heterocycles. The van der Waals surface area contributed by atoms with Crippen molar-refractivity contribution < 1.29 is 24.5 Å². The molecule has 0 aliphatic carbocycles. The zero-order chi connectivity index (χ0) is 13.3. The smallest absolute Gasteiger partial charge is 0.313 e. The lowest BCUT2D eigenvalue weighted by atomic mass is 9.87. The largest absolute Gasteiger partial charge is 0.481 e. The maximum Gasteiger partial charge on any atom is 0.313 e. The Balaban J connectivity index is 2.24. The predicted octanol–water partition coefficient (Wildman–Crippen LogP) is 0.982. The summed E-state index contributed by atoms with van der Waals surface area (Å²) in [4.78, 5) is 22.6. The lowest BCUT2D eigenvalue weighted by Crippen LogP contribution is -2.32. The Kier molecular flexibility index (Phi) is 3.34. The van der Waals surface area contributed by atoms with Crippen LogP contribution in [0.3, 0.4) is 0 Å². The second kappa shape index (κ2) is 4.78. The summed E-state index contributed by atoms with van der Waals surface area (Å²) in [6, 6.07) is 8.81. The number of carbonyl (C=O) groups excluding carboxylic acids is 1. The van der Waals surface area contributed by atoms with Crippen LogP contribution in [-0.4, -0.2) is 28.3 Å². The van der Waals surface area contributed by atoms with Gasteiger partial charge in [0.05, 0.1) is 11.8 Å². The first-order chi connectivity index (χ1) is 8.52. The van der Waals surface area contributed by atoms with Crippen molar-refractivity contribution in [1.82, 2.24) is 0 Å². The van der Waals surface area contributed by atoms with Crippen molar-refractivity contribution in [3.05, 3.63) is 35.9 Å². The van der Waals surface area contributed by atoms with E-state index in [4.69, 9.17) is 9.84 Å². The number of hydrogen-bond donors (Lipinski definition) is 2. The molecule has 0 amide bonds. The number of esters is 1. The zero-order valence-electron chi connectivity index (χ0n) is 9.82. The summed E-state index contributed by atoms with van der Waals surface area (Å²) >= 11 is 0. The fourth-order valence-electron chi connectivity index (χ4n) is 2.16. The van der Waals surface area contributed by atoms with Crippen LogP contribution in [0.1, 0.15) is 18.6 Å². The topological polar surface area (TPSA) is 83.8 Å². The van der Waals surface area contributed by atoms with Crippen molar-refractivity contribution in [2.75, 3.05) is 0 Å². The van der Waals surface area contributed by atoms with Gasteiger partial charge in [-0.3, -0.25) is 9.59 Å². The number of carboxylic acids is 1. The molecule has 0 radical (unpaired) electrons. The first kappa shape index (κ1) is 12.6. The Morgan fingerprint density at radius 1 is 1.33 bits per heavy atom. The van der Waals surface area contributed by atoms with Crippen LogP contribution in [0.2, 0.25) is 0 Å². The van der Waals surface area contributed by atoms with E-state index in [1.165, 1.54) is 6.92 Å². The van der Waals surface area contributed by atoms with Gasteiger partial charge in [0, 0.05) is 0 Å². The molecule has 2 N–H and O–H groups in total. The van der Waals surface area contributed by atoms with Crippen LogP contribution >= 0.6 is 0 Å². The van der Waals surface area contributed by atoms with Crippen molar-refractivity contribution in [3.8, 4) is 0 Å². The van der Waals surface area contributed by atoms with Crippen LogP contribution in [0.4, 0.5) is 0 Å². The number of benzene rings is 1. The van der Waals surface area contributed by atoms with Gasteiger partial charge in [0.25, 0.3) is 0 Å². The normalized spacial score (nSPS) is 28.8. The number of rotatable bonds is 3. The van der Waals surface area contributed by atoms with E-state index in [0.717, 1.165) is 0 Å². The highest BCUT2D eigenvalue weighted by Gasteiger charge is 2.48. The second-order valence-electron chi connectivity index (χ2n) is 4.41. The molecule has 1 unspecified atom stereocenters. The molecule has 1 aliphatic heterocycles. The first-order valence-corrected chi connectivity index (χ1v) is 5.68. The van der Waals surface area contributed by atoms with Crippen molar-refractivity contribution >= 4 is 11.9 Å². The standard InChI is InChI=1S/C13H14O5/c1-7(12(15)16)9-10(14)11(18-13(9)17)8-5-3-2-4-6-8/h2-7,9-11,14H,1H3,(H,15,16)/t7?,9-,10+,11+/m1/s1. The van der Waals surface area contributed by atoms with Gasteiger partial charge in [0.1, 0.15) is 6.10 Å². The van der Waals surface area contributed by atoms with E-state index < -0.39 is 36.0 Å². The van der Waals surface area contributed by atoms with Crippen molar-refractivity contribution in [3.63, 3.8) is 0 Å². The average Bonchev–Trinajstić information content (AvgIpc) is 2.65. The predicted molar refractivity (Wildman–Crippen MR) is 61.6 cm³/mol. The fraction of sp³-hybridized carbons (Fsp3) is 0.385. The van der Waals surface area contributed by atoms with Gasteiger partial charge in [-0.2, -0.15) is 0 Å². The number of cyclic esters (lactones) is 1. The molecule has 0 aromatic heterocycles. The Bertz CT molecular complexity index is 456. The maximum absolute atomic E-state index is 11.7. The molecule has 1 aromatic carbocycles. The highest BCUT2D eigenvalue weighted by atomic mass is 16.6. The number of hydrogen-bond acceptors (Lipinski definition) is 4. The third-order valence-electron chi connectivity index (χ3n) is 3.25. The first-order valence-electron chi connectivity index (χ1n) is 5.68. The lowest BCUT2D eigenvalue weighted by molar-refractivity contribution is -0.152. The lowest BCUT2D eigenvalue weighted by Gasteiger charge is -2.17. The van der Waals surface area contributed by atoms with Crippen molar-refractivity contribution in [1.29, 1.82) is 0 Å². The molecule has 96 valence electrons. The quantitative estimate of drug-likeness (QED) is 0.781. The number of carboxylic acid groups (broad SMARTS) is 1. The van der Waals surface area contributed by atoms with Gasteiger partial charge < -0.3 is 14.9 Å². The Labute approximate surface area is 104 Å². The second-order valence-corrected chi connectivity index (χ2v) is 4.41. The molecule has 0 spiro atoms. The van der Waals surface area contributed by atoms with Crippen LogP contribution < -0.4 is 0 Å². The molecule has 1 heterocycles. The molecule has 2 rings (SSSR count). The number of aliphatic carboxylic acids is 1. The van der Waals surface area contributed by atoms with Crippen molar-refractivity contribution in [2.45, 2.75) is 19.1 Å². The summed E-state index contributed by atoms with van der Waals surface area (Å²) in [5, 5.41) is 19.0. The fourth-order valence-corrected chi connectivity index (χ4v) is 2.16. The number of ether oxygens (including phenoxy) is 1. The molecule has 5 heteroatoms. The van der Waals surface area contributed by atoms with E-state index in [2.05, 4.69) is 0 Å². The number of aliphatic hydroxyl groups excluding tert-OH is 1. The molecule has 5 nitrogen and oxygen atoms in total. The molecule has 1 fully saturated rings. The third-order valence-corrected chi connectivity index (χ3v) is 3.25. The van der Waals surface area contributed by atoms with E-state index in [9.17, 15) is 14.7 Å². The van der Waals surface area contributed by atoms with Crippen LogP contribution in [0.25, 0.3) is 0 Å². The van der Waals surface area contributed by atoms with Gasteiger partial charge in [-0.05, 0) is 5.56 Å². The summed E-state index contributed by atoms with van der Waals surface area (Å²) in [7, 11) is 0. The maximum atomic E-state index is 11.7. The summed E-state index contributed by atoms with van der Waals surface area (Å²) in [5.74, 6) is -3.77. The minimum Gasteiger partial charge on any atom is -0.481 e. The Morgan fingerprint density at radius 3 is 2.50 bits per heavy atom. The summed E-state index contributed by atoms with van der Waals surface area (Å²) in [6.45, 7) is 1.39. The molecule has 1 aromatic rings. The molecule has 0 saturated carbocycles. The summed E-state index contributed by atoms with van der Waals surface area (Å²) in [6.07, 6.45) is -1.92. The van der Waals surface area contributed by atoms with Gasteiger partial charge in [-0.25, -0.2) is 0 Å². The molecule has 4 atom stereocenters. The van der Waals surface area contributed by atoms with Crippen LogP contribution in [-0.2, 0) is 14.3 Å². The van der Waals surface area contributed by atoms with Gasteiger partial charge >= 0.3 is 11.9 Å². The van der Waals surface area contributed by atoms with Crippen LogP contribution in [0, 0.1) is 11.8 Å².